The van der Waals surface area contributed by atoms with E-state index in [1.807, 2.05) is 24.4 Å². The van der Waals surface area contributed by atoms with Crippen LogP contribution in [0.25, 0.3) is 10.9 Å². The lowest BCUT2D eigenvalue weighted by Gasteiger charge is -2.05. The van der Waals surface area contributed by atoms with Crippen molar-refractivity contribution in [3.05, 3.63) is 72.2 Å². The predicted molar refractivity (Wildman–Crippen MR) is 67.4 cm³/mol. The molecule has 0 bridgehead atoms. The maximum absolute atomic E-state index is 13.1. The second kappa shape index (κ2) is 4.06. The number of hydrogen-bond donors (Lipinski definition) is 0. The second-order valence-corrected chi connectivity index (χ2v) is 4.13. The fraction of sp³-hybridized carbons (Fsp3) is 0.0667. The summed E-state index contributed by atoms with van der Waals surface area (Å²) >= 11 is 0. The van der Waals surface area contributed by atoms with Gasteiger partial charge in [0, 0.05) is 18.3 Å². The largest absolute Gasteiger partial charge is 0.343 e. The molecule has 2 heteroatoms. The molecule has 0 atom stereocenters. The first kappa shape index (κ1) is 10.1. The first-order chi connectivity index (χ1) is 8.33. The summed E-state index contributed by atoms with van der Waals surface area (Å²) in [7, 11) is 0. The Bertz CT molecular complexity index is 655. The molecule has 2 aromatic carbocycles. The van der Waals surface area contributed by atoms with E-state index >= 15 is 0 Å². The fourth-order valence-electron chi connectivity index (χ4n) is 2.11. The molecule has 0 fully saturated rings. The Morgan fingerprint density at radius 1 is 0.941 bits per heavy atom. The highest BCUT2D eigenvalue weighted by Gasteiger charge is 2.01. The minimum atomic E-state index is -0.182. The van der Waals surface area contributed by atoms with Crippen molar-refractivity contribution in [3.63, 3.8) is 0 Å². The minimum Gasteiger partial charge on any atom is -0.343 e. The van der Waals surface area contributed by atoms with Crippen molar-refractivity contribution < 1.29 is 4.39 Å². The first-order valence-electron chi connectivity index (χ1n) is 5.61. The van der Waals surface area contributed by atoms with E-state index in [-0.39, 0.29) is 5.82 Å². The molecule has 84 valence electrons. The molecule has 3 aromatic rings. The van der Waals surface area contributed by atoms with Gasteiger partial charge in [0.25, 0.3) is 0 Å². The molecule has 0 aliphatic rings. The zero-order valence-electron chi connectivity index (χ0n) is 9.31. The molecule has 0 saturated heterocycles. The molecule has 17 heavy (non-hydrogen) atoms. The van der Waals surface area contributed by atoms with Crippen LogP contribution < -0.4 is 0 Å². The number of halogens is 1. The van der Waals surface area contributed by atoms with Crippen molar-refractivity contribution in [1.29, 1.82) is 0 Å². The van der Waals surface area contributed by atoms with Crippen LogP contribution in [0.15, 0.2) is 60.8 Å². The standard InChI is InChI=1S/C15H12FN/c16-14-6-3-4-12(10-14)11-17-9-8-13-5-1-2-7-15(13)17/h1-10H,11H2. The Morgan fingerprint density at radius 2 is 1.82 bits per heavy atom. The average Bonchev–Trinajstić information content (AvgIpc) is 2.73. The van der Waals surface area contributed by atoms with E-state index in [9.17, 15) is 4.39 Å². The highest BCUT2D eigenvalue weighted by atomic mass is 19.1. The Hall–Kier alpha value is -2.09. The summed E-state index contributed by atoms with van der Waals surface area (Å²) in [5.41, 5.74) is 2.16. The van der Waals surface area contributed by atoms with Gasteiger partial charge >= 0.3 is 0 Å². The molecule has 0 N–H and O–H groups in total. The van der Waals surface area contributed by atoms with Crippen molar-refractivity contribution in [2.45, 2.75) is 6.54 Å². The lowest BCUT2D eigenvalue weighted by atomic mass is 10.2. The van der Waals surface area contributed by atoms with Crippen LogP contribution in [0.3, 0.4) is 0 Å². The van der Waals surface area contributed by atoms with Gasteiger partial charge in [-0.15, -0.1) is 0 Å². The van der Waals surface area contributed by atoms with E-state index in [0.717, 1.165) is 5.56 Å². The van der Waals surface area contributed by atoms with Crippen LogP contribution in [0.2, 0.25) is 0 Å². The third-order valence-corrected chi connectivity index (χ3v) is 2.92. The first-order valence-corrected chi connectivity index (χ1v) is 5.61. The van der Waals surface area contributed by atoms with E-state index in [1.54, 1.807) is 12.1 Å². The highest BCUT2D eigenvalue weighted by molar-refractivity contribution is 5.79. The SMILES string of the molecule is Fc1cccc(Cn2ccc3ccccc32)c1. The molecular formula is C15H12FN. The summed E-state index contributed by atoms with van der Waals surface area (Å²) in [6.45, 7) is 0.700. The molecule has 1 aromatic heterocycles. The van der Waals surface area contributed by atoms with Gasteiger partial charge in [-0.05, 0) is 35.2 Å². The third kappa shape index (κ3) is 1.94. The van der Waals surface area contributed by atoms with Gasteiger partial charge in [0.1, 0.15) is 5.82 Å². The number of hydrogen-bond acceptors (Lipinski definition) is 0. The lowest BCUT2D eigenvalue weighted by molar-refractivity contribution is 0.624. The van der Waals surface area contributed by atoms with Gasteiger partial charge < -0.3 is 4.57 Å². The molecule has 0 aliphatic heterocycles. The molecule has 0 aliphatic carbocycles. The van der Waals surface area contributed by atoms with Gasteiger partial charge in [0.15, 0.2) is 0 Å². The van der Waals surface area contributed by atoms with Crippen LogP contribution in [0, 0.1) is 5.82 Å². The summed E-state index contributed by atoms with van der Waals surface area (Å²) in [4.78, 5) is 0. The van der Waals surface area contributed by atoms with Crippen LogP contribution in [0.5, 0.6) is 0 Å². The van der Waals surface area contributed by atoms with E-state index < -0.39 is 0 Å². The molecule has 1 nitrogen and oxygen atoms in total. The van der Waals surface area contributed by atoms with Crippen LogP contribution in [0.1, 0.15) is 5.56 Å². The van der Waals surface area contributed by atoms with E-state index in [2.05, 4.69) is 22.8 Å². The zero-order valence-corrected chi connectivity index (χ0v) is 9.31. The maximum atomic E-state index is 13.1. The van der Waals surface area contributed by atoms with E-state index in [0.29, 0.717) is 6.54 Å². The minimum absolute atomic E-state index is 0.182. The summed E-state index contributed by atoms with van der Waals surface area (Å²) in [5.74, 6) is -0.182. The van der Waals surface area contributed by atoms with Crippen LogP contribution in [-0.4, -0.2) is 4.57 Å². The fourth-order valence-corrected chi connectivity index (χ4v) is 2.11. The van der Waals surface area contributed by atoms with Gasteiger partial charge in [-0.3, -0.25) is 0 Å². The molecule has 0 unspecified atom stereocenters. The quantitative estimate of drug-likeness (QED) is 0.624. The number of nitrogens with zero attached hydrogens (tertiary/aromatic N) is 1. The average molecular weight is 225 g/mol. The van der Waals surface area contributed by atoms with Gasteiger partial charge in [0.05, 0.1) is 0 Å². The summed E-state index contributed by atoms with van der Waals surface area (Å²) in [6.07, 6.45) is 2.04. The van der Waals surface area contributed by atoms with Gasteiger partial charge in [-0.2, -0.15) is 0 Å². The van der Waals surface area contributed by atoms with Crippen molar-refractivity contribution in [1.82, 2.24) is 4.57 Å². The van der Waals surface area contributed by atoms with Crippen molar-refractivity contribution in [2.24, 2.45) is 0 Å². The Balaban J connectivity index is 2.00. The van der Waals surface area contributed by atoms with Gasteiger partial charge in [-0.1, -0.05) is 30.3 Å². The molecule has 0 amide bonds. The van der Waals surface area contributed by atoms with Gasteiger partial charge in [-0.25, -0.2) is 4.39 Å². The summed E-state index contributed by atoms with van der Waals surface area (Å²) in [6, 6.07) is 17.0. The molecule has 1 heterocycles. The number of rotatable bonds is 2. The second-order valence-electron chi connectivity index (χ2n) is 4.13. The van der Waals surface area contributed by atoms with Gasteiger partial charge in [0.2, 0.25) is 0 Å². The van der Waals surface area contributed by atoms with Crippen LogP contribution in [-0.2, 0) is 6.54 Å². The topological polar surface area (TPSA) is 4.93 Å². The summed E-state index contributed by atoms with van der Waals surface area (Å²) in [5, 5.41) is 1.21. The lowest BCUT2D eigenvalue weighted by Crippen LogP contribution is -1.97. The normalized spacial score (nSPS) is 10.9. The number of aromatic nitrogens is 1. The van der Waals surface area contributed by atoms with E-state index in [4.69, 9.17) is 0 Å². The smallest absolute Gasteiger partial charge is 0.123 e. The molecular weight excluding hydrogens is 213 g/mol. The molecule has 0 spiro atoms. The third-order valence-electron chi connectivity index (χ3n) is 2.92. The zero-order chi connectivity index (χ0) is 11.7. The van der Waals surface area contributed by atoms with Crippen LogP contribution in [0.4, 0.5) is 4.39 Å². The Labute approximate surface area is 99.1 Å². The van der Waals surface area contributed by atoms with Crippen molar-refractivity contribution in [3.8, 4) is 0 Å². The number of benzene rings is 2. The maximum Gasteiger partial charge on any atom is 0.123 e. The molecule has 0 radical (unpaired) electrons. The predicted octanol–water partition coefficient (Wildman–Crippen LogP) is 3.83. The monoisotopic (exact) mass is 225 g/mol. The Kier molecular flexibility index (Phi) is 2.41. The van der Waals surface area contributed by atoms with Crippen LogP contribution >= 0.6 is 0 Å². The van der Waals surface area contributed by atoms with Crippen molar-refractivity contribution in [2.75, 3.05) is 0 Å². The Morgan fingerprint density at radius 3 is 2.71 bits per heavy atom. The van der Waals surface area contributed by atoms with Crippen molar-refractivity contribution >= 4 is 10.9 Å². The van der Waals surface area contributed by atoms with E-state index in [1.165, 1.54) is 17.0 Å². The highest BCUT2D eigenvalue weighted by Crippen LogP contribution is 2.16. The number of para-hydroxylation sites is 1. The summed E-state index contributed by atoms with van der Waals surface area (Å²) < 4.78 is 15.2. The number of fused-ring (bicyclic) bond motifs is 1. The molecule has 0 saturated carbocycles. The molecule has 3 rings (SSSR count).